The van der Waals surface area contributed by atoms with E-state index in [0.29, 0.717) is 60.1 Å². The highest BCUT2D eigenvalue weighted by atomic mass is 16.7. The summed E-state index contributed by atoms with van der Waals surface area (Å²) in [6, 6.07) is 11.0. The van der Waals surface area contributed by atoms with E-state index in [-0.39, 0.29) is 25.4 Å². The summed E-state index contributed by atoms with van der Waals surface area (Å²) in [6.07, 6.45) is 2.74. The second-order valence-electron chi connectivity index (χ2n) is 8.16. The Hall–Kier alpha value is -4.08. The quantitative estimate of drug-likeness (QED) is 0.305. The number of benzene rings is 2. The molecule has 0 spiro atoms. The molecule has 4 rings (SSSR count). The minimum atomic E-state index is -0.168. The van der Waals surface area contributed by atoms with Gasteiger partial charge in [-0.25, -0.2) is 10.9 Å². The molecule has 0 bridgehead atoms. The number of fused-ring (bicyclic) bond motifs is 2. The van der Waals surface area contributed by atoms with Crippen LogP contribution in [-0.4, -0.2) is 36.8 Å². The predicted molar refractivity (Wildman–Crippen MR) is 129 cm³/mol. The van der Waals surface area contributed by atoms with Crippen molar-refractivity contribution in [2.75, 3.05) is 13.6 Å². The van der Waals surface area contributed by atoms with Gasteiger partial charge >= 0.3 is 0 Å². The number of unbranched alkanes of at least 4 members (excludes halogenated alkanes) is 2. The molecule has 184 valence electrons. The van der Waals surface area contributed by atoms with Gasteiger partial charge in [-0.15, -0.1) is 0 Å². The molecule has 0 radical (unpaired) electrons. The van der Waals surface area contributed by atoms with E-state index >= 15 is 0 Å². The van der Waals surface area contributed by atoms with Crippen LogP contribution < -0.4 is 29.8 Å². The van der Waals surface area contributed by atoms with E-state index in [9.17, 15) is 9.59 Å². The molecule has 0 saturated heterocycles. The van der Waals surface area contributed by atoms with Crippen molar-refractivity contribution in [3.05, 3.63) is 47.5 Å². The van der Waals surface area contributed by atoms with E-state index in [4.69, 9.17) is 18.9 Å². The van der Waals surface area contributed by atoms with Crippen molar-refractivity contribution in [2.24, 2.45) is 10.2 Å². The topological polar surface area (TPSA) is 120 Å². The van der Waals surface area contributed by atoms with Gasteiger partial charge in [0, 0.05) is 24.0 Å². The standard InChI is InChI=1S/C25H28N4O6/c1-16(18-8-10-20-22(12-18)34-14-32-20)26-28-24(30)6-4-3-5-7-25(31)29-27-17(2)19-9-11-21-23(13-19)35-15-33-21/h8-13H,3-7,14-15H2,1-2H3,(H,28,30)(H,29,31)/b26-16+,27-17+. The number of rotatable bonds is 10. The van der Waals surface area contributed by atoms with E-state index < -0.39 is 0 Å². The Labute approximate surface area is 203 Å². The van der Waals surface area contributed by atoms with E-state index in [2.05, 4.69) is 21.1 Å². The molecule has 0 aromatic heterocycles. The van der Waals surface area contributed by atoms with Crippen LogP contribution in [0.5, 0.6) is 23.0 Å². The van der Waals surface area contributed by atoms with Gasteiger partial charge < -0.3 is 18.9 Å². The van der Waals surface area contributed by atoms with E-state index in [1.807, 2.05) is 50.2 Å². The SMILES string of the molecule is C/C(=N\NC(=O)CCCCCC(=O)N/N=C(\C)c1ccc2c(c1)OCO2)c1ccc2c(c1)OCO2. The van der Waals surface area contributed by atoms with Gasteiger partial charge in [-0.3, -0.25) is 9.59 Å². The normalized spacial score (nSPS) is 14.1. The third-order valence-electron chi connectivity index (χ3n) is 5.58. The van der Waals surface area contributed by atoms with Gasteiger partial charge in [-0.1, -0.05) is 6.42 Å². The van der Waals surface area contributed by atoms with Crippen molar-refractivity contribution in [2.45, 2.75) is 46.0 Å². The maximum absolute atomic E-state index is 12.1. The van der Waals surface area contributed by atoms with Gasteiger partial charge in [-0.05, 0) is 63.1 Å². The van der Waals surface area contributed by atoms with Crippen LogP contribution >= 0.6 is 0 Å². The molecule has 0 aliphatic carbocycles. The predicted octanol–water partition coefficient (Wildman–Crippen LogP) is 3.48. The van der Waals surface area contributed by atoms with Crippen LogP contribution in [0.15, 0.2) is 46.6 Å². The van der Waals surface area contributed by atoms with Crippen LogP contribution in [0.3, 0.4) is 0 Å². The van der Waals surface area contributed by atoms with Gasteiger partial charge in [0.1, 0.15) is 0 Å². The molecule has 2 aromatic carbocycles. The summed E-state index contributed by atoms with van der Waals surface area (Å²) < 4.78 is 21.3. The lowest BCUT2D eigenvalue weighted by atomic mass is 10.1. The highest BCUT2D eigenvalue weighted by Crippen LogP contribution is 2.33. The molecule has 0 fully saturated rings. The third kappa shape index (κ3) is 6.50. The Morgan fingerprint density at radius 1 is 0.686 bits per heavy atom. The second-order valence-corrected chi connectivity index (χ2v) is 8.16. The highest BCUT2D eigenvalue weighted by Gasteiger charge is 2.15. The van der Waals surface area contributed by atoms with Crippen LogP contribution in [-0.2, 0) is 9.59 Å². The fourth-order valence-corrected chi connectivity index (χ4v) is 3.52. The summed E-state index contributed by atoms with van der Waals surface area (Å²) in [5.74, 6) is 2.40. The molecule has 2 N–H and O–H groups in total. The van der Waals surface area contributed by atoms with E-state index in [1.165, 1.54) is 0 Å². The fourth-order valence-electron chi connectivity index (χ4n) is 3.52. The summed E-state index contributed by atoms with van der Waals surface area (Å²) >= 11 is 0. The number of nitrogens with one attached hydrogen (secondary N) is 2. The lowest BCUT2D eigenvalue weighted by molar-refractivity contribution is -0.121. The largest absolute Gasteiger partial charge is 0.454 e. The van der Waals surface area contributed by atoms with Crippen LogP contribution in [0, 0.1) is 0 Å². The van der Waals surface area contributed by atoms with Gasteiger partial charge in [0.05, 0.1) is 11.4 Å². The summed E-state index contributed by atoms with van der Waals surface area (Å²) in [5.41, 5.74) is 8.18. The molecule has 2 amide bonds. The van der Waals surface area contributed by atoms with Gasteiger partial charge in [-0.2, -0.15) is 10.2 Å². The van der Waals surface area contributed by atoms with Gasteiger partial charge in [0.2, 0.25) is 25.4 Å². The molecule has 0 unspecified atom stereocenters. The molecule has 0 atom stereocenters. The maximum Gasteiger partial charge on any atom is 0.240 e. The number of amides is 2. The fraction of sp³-hybridized carbons (Fsp3) is 0.360. The molecule has 10 heteroatoms. The van der Waals surface area contributed by atoms with Gasteiger partial charge in [0.15, 0.2) is 23.0 Å². The van der Waals surface area contributed by atoms with Crippen molar-refractivity contribution in [3.8, 4) is 23.0 Å². The lowest BCUT2D eigenvalue weighted by Crippen LogP contribution is -2.19. The van der Waals surface area contributed by atoms with Crippen molar-refractivity contribution in [1.29, 1.82) is 0 Å². The molecule has 0 saturated carbocycles. The van der Waals surface area contributed by atoms with Crippen LogP contribution in [0.25, 0.3) is 0 Å². The summed E-state index contributed by atoms with van der Waals surface area (Å²) in [4.78, 5) is 24.1. The molecular formula is C25H28N4O6. The molecule has 2 aromatic rings. The molecule has 10 nitrogen and oxygen atoms in total. The van der Waals surface area contributed by atoms with Crippen molar-refractivity contribution >= 4 is 23.2 Å². The zero-order valence-corrected chi connectivity index (χ0v) is 19.8. The second kappa shape index (κ2) is 11.4. The zero-order chi connectivity index (χ0) is 24.6. The minimum absolute atomic E-state index is 0.168. The third-order valence-corrected chi connectivity index (χ3v) is 5.58. The Balaban J connectivity index is 1.11. The monoisotopic (exact) mass is 480 g/mol. The highest BCUT2D eigenvalue weighted by molar-refractivity contribution is 6.00. The lowest BCUT2D eigenvalue weighted by Gasteiger charge is -2.05. The number of hydrogen-bond donors (Lipinski definition) is 2. The average Bonchev–Trinajstić information content (AvgIpc) is 3.53. The van der Waals surface area contributed by atoms with Crippen molar-refractivity contribution < 1.29 is 28.5 Å². The first-order valence-corrected chi connectivity index (χ1v) is 11.5. The average molecular weight is 481 g/mol. The number of ether oxygens (including phenoxy) is 4. The van der Waals surface area contributed by atoms with Crippen molar-refractivity contribution in [1.82, 2.24) is 10.9 Å². The number of carbonyl (C=O) groups excluding carboxylic acids is 2. The molecule has 2 aliphatic heterocycles. The number of nitrogens with zero attached hydrogens (tertiary/aromatic N) is 2. The summed E-state index contributed by atoms with van der Waals surface area (Å²) in [7, 11) is 0. The van der Waals surface area contributed by atoms with Crippen LogP contribution in [0.1, 0.15) is 57.1 Å². The minimum Gasteiger partial charge on any atom is -0.454 e. The Morgan fingerprint density at radius 3 is 1.57 bits per heavy atom. The number of carbonyl (C=O) groups is 2. The molecule has 2 aliphatic rings. The Kier molecular flexibility index (Phi) is 7.81. The van der Waals surface area contributed by atoms with Gasteiger partial charge in [0.25, 0.3) is 0 Å². The first kappa shape index (κ1) is 24.1. The maximum atomic E-state index is 12.1. The Bertz CT molecular complexity index is 1070. The number of hydrazone groups is 2. The summed E-state index contributed by atoms with van der Waals surface area (Å²) in [5, 5.41) is 8.32. The van der Waals surface area contributed by atoms with Crippen LogP contribution in [0.4, 0.5) is 0 Å². The van der Waals surface area contributed by atoms with Crippen LogP contribution in [0.2, 0.25) is 0 Å². The smallest absolute Gasteiger partial charge is 0.240 e. The first-order chi connectivity index (χ1) is 17.0. The number of hydrogen-bond acceptors (Lipinski definition) is 8. The summed E-state index contributed by atoms with van der Waals surface area (Å²) in [6.45, 7) is 4.04. The van der Waals surface area contributed by atoms with E-state index in [0.717, 1.165) is 17.5 Å². The van der Waals surface area contributed by atoms with Crippen molar-refractivity contribution in [3.63, 3.8) is 0 Å². The first-order valence-electron chi connectivity index (χ1n) is 11.5. The Morgan fingerprint density at radius 2 is 1.11 bits per heavy atom. The molecule has 2 heterocycles. The molecular weight excluding hydrogens is 452 g/mol. The zero-order valence-electron chi connectivity index (χ0n) is 19.8. The molecule has 35 heavy (non-hydrogen) atoms. The van der Waals surface area contributed by atoms with E-state index in [1.54, 1.807) is 0 Å².